The highest BCUT2D eigenvalue weighted by Crippen LogP contribution is 2.35. The first-order valence-corrected chi connectivity index (χ1v) is 18.0. The van der Waals surface area contributed by atoms with Gasteiger partial charge in [-0.05, 0) is 66.8 Å². The van der Waals surface area contributed by atoms with Crippen LogP contribution in [-0.2, 0) is 27.4 Å². The van der Waals surface area contributed by atoms with E-state index in [4.69, 9.17) is 20.8 Å². The van der Waals surface area contributed by atoms with Crippen molar-refractivity contribution in [3.8, 4) is 0 Å². The van der Waals surface area contributed by atoms with Crippen LogP contribution >= 0.6 is 11.6 Å². The van der Waals surface area contributed by atoms with Gasteiger partial charge in [0, 0.05) is 47.4 Å². The zero-order chi connectivity index (χ0) is 38.6. The van der Waals surface area contributed by atoms with Crippen molar-refractivity contribution in [2.24, 2.45) is 5.92 Å². The third-order valence-electron chi connectivity index (χ3n) is 8.80. The molecule has 1 heterocycles. The molecule has 1 aromatic heterocycles. The molecule has 11 nitrogen and oxygen atoms in total. The number of halogens is 1. The van der Waals surface area contributed by atoms with Crippen molar-refractivity contribution < 1.29 is 28.3 Å². The summed E-state index contributed by atoms with van der Waals surface area (Å²) in [4.78, 5) is 65.2. The molecule has 0 fully saturated rings. The number of alkyl carbamates (subject to hydrolysis) is 1. The number of carbonyl (C=O) groups excluding carboxylic acids is 4. The number of hydrogen-bond acceptors (Lipinski definition) is 7. The lowest BCUT2D eigenvalue weighted by molar-refractivity contribution is -0.118. The fourth-order valence-corrected chi connectivity index (χ4v) is 6.29. The van der Waals surface area contributed by atoms with Crippen LogP contribution in [0.1, 0.15) is 64.7 Å². The average molecular weight is 751 g/mol. The summed E-state index contributed by atoms with van der Waals surface area (Å²) in [7, 11) is 0. The van der Waals surface area contributed by atoms with Gasteiger partial charge < -0.3 is 30.0 Å². The molecule has 5 aromatic rings. The van der Waals surface area contributed by atoms with Crippen LogP contribution in [0.25, 0.3) is 11.0 Å². The van der Waals surface area contributed by atoms with E-state index in [1.54, 1.807) is 59.5 Å². The van der Waals surface area contributed by atoms with Gasteiger partial charge in [0.2, 0.25) is 12.3 Å². The van der Waals surface area contributed by atoms with Crippen LogP contribution in [0, 0.1) is 12.8 Å². The summed E-state index contributed by atoms with van der Waals surface area (Å²) >= 11 is 6.35. The van der Waals surface area contributed by atoms with Crippen molar-refractivity contribution >= 4 is 52.6 Å². The first-order valence-electron chi connectivity index (χ1n) is 17.7. The number of nitrogens with one attached hydrogen (secondary N) is 3. The number of ether oxygens (including phenoxy) is 1. The fourth-order valence-electron chi connectivity index (χ4n) is 6.13. The third-order valence-corrected chi connectivity index (χ3v) is 9.03. The molecule has 12 heteroatoms. The molecule has 280 valence electrons. The molecule has 0 spiro atoms. The Morgan fingerprint density at radius 1 is 0.926 bits per heavy atom. The van der Waals surface area contributed by atoms with Gasteiger partial charge in [0.05, 0.1) is 18.0 Å². The van der Waals surface area contributed by atoms with E-state index < -0.39 is 12.1 Å². The van der Waals surface area contributed by atoms with E-state index in [1.807, 2.05) is 63.2 Å². The van der Waals surface area contributed by atoms with Crippen LogP contribution in [0.15, 0.2) is 106 Å². The number of carbonyl (C=O) groups is 4. The van der Waals surface area contributed by atoms with Gasteiger partial charge in [0.25, 0.3) is 5.91 Å². The van der Waals surface area contributed by atoms with Crippen LogP contribution in [-0.4, -0.2) is 48.9 Å². The Morgan fingerprint density at radius 2 is 1.65 bits per heavy atom. The minimum Gasteiger partial charge on any atom is -0.458 e. The largest absolute Gasteiger partial charge is 0.458 e. The Balaban J connectivity index is 1.35. The number of anilines is 1. The van der Waals surface area contributed by atoms with Gasteiger partial charge in [-0.15, -0.1) is 0 Å². The minimum atomic E-state index is -0.644. The standard InChI is InChI=1S/C42H43ClN4O7/c1-27(2)38(40-35(22-29-8-5-4-6-9-29)39(50)34-19-16-32(43)23-36(34)54-40)47(41(51)31-14-10-28(3)11-15-31)21-7-20-45-42(52)53-25-30-12-17-33(18-13-30)46-37(49)24-44-26-48/h4-6,8-19,23,26-27,38H,7,20-22,24-25H2,1-3H3,(H,44,48)(H,45,52)(H,46,49). The van der Waals surface area contributed by atoms with Gasteiger partial charge in [0.1, 0.15) is 18.0 Å². The van der Waals surface area contributed by atoms with Crippen molar-refractivity contribution in [2.45, 2.75) is 46.3 Å². The molecule has 0 bridgehead atoms. The van der Waals surface area contributed by atoms with Gasteiger partial charge in [0.15, 0.2) is 5.43 Å². The molecule has 0 aliphatic carbocycles. The maximum absolute atomic E-state index is 14.4. The monoisotopic (exact) mass is 750 g/mol. The van der Waals surface area contributed by atoms with Crippen LogP contribution in [0.5, 0.6) is 0 Å². The number of hydrogen-bond donors (Lipinski definition) is 3. The number of amides is 4. The summed E-state index contributed by atoms with van der Waals surface area (Å²) in [6.45, 7) is 6.20. The summed E-state index contributed by atoms with van der Waals surface area (Å²) in [6, 6.07) is 28.0. The van der Waals surface area contributed by atoms with Crippen molar-refractivity contribution in [3.05, 3.63) is 146 Å². The number of rotatable bonds is 16. The van der Waals surface area contributed by atoms with E-state index in [2.05, 4.69) is 16.0 Å². The number of nitrogens with zero attached hydrogens (tertiary/aromatic N) is 1. The second kappa shape index (κ2) is 18.7. The molecule has 0 aliphatic rings. The average Bonchev–Trinajstić information content (AvgIpc) is 3.16. The zero-order valence-electron chi connectivity index (χ0n) is 30.4. The molecule has 54 heavy (non-hydrogen) atoms. The Hall–Kier alpha value is -5.94. The van der Waals surface area contributed by atoms with Gasteiger partial charge >= 0.3 is 6.09 Å². The van der Waals surface area contributed by atoms with Gasteiger partial charge in [-0.1, -0.05) is 85.6 Å². The number of benzene rings is 4. The lowest BCUT2D eigenvalue weighted by atomic mass is 9.91. The van der Waals surface area contributed by atoms with E-state index in [-0.39, 0.29) is 49.4 Å². The normalized spacial score (nSPS) is 11.5. The van der Waals surface area contributed by atoms with Gasteiger partial charge in [-0.2, -0.15) is 0 Å². The van der Waals surface area contributed by atoms with Gasteiger partial charge in [-0.25, -0.2) is 4.79 Å². The summed E-state index contributed by atoms with van der Waals surface area (Å²) < 4.78 is 12.0. The second-order valence-corrected chi connectivity index (χ2v) is 13.7. The SMILES string of the molecule is Cc1ccc(C(=O)N(CCCNC(=O)OCc2ccc(NC(=O)CNC=O)cc2)C(c2oc3cc(Cl)ccc3c(=O)c2Cc2ccccc2)C(C)C)cc1. The maximum atomic E-state index is 14.4. The molecule has 5 rings (SSSR count). The third kappa shape index (κ3) is 10.3. The highest BCUT2D eigenvalue weighted by atomic mass is 35.5. The molecule has 0 aliphatic heterocycles. The zero-order valence-corrected chi connectivity index (χ0v) is 31.2. The Bertz CT molecular complexity index is 2140. The summed E-state index contributed by atoms with van der Waals surface area (Å²) in [5, 5.41) is 8.53. The predicted octanol–water partition coefficient (Wildman–Crippen LogP) is 7.19. The van der Waals surface area contributed by atoms with E-state index in [0.717, 1.165) is 11.1 Å². The number of aryl methyl sites for hydroxylation is 1. The first-order chi connectivity index (χ1) is 26.0. The highest BCUT2D eigenvalue weighted by molar-refractivity contribution is 6.31. The molecule has 1 atom stereocenters. The van der Waals surface area contributed by atoms with Crippen LogP contribution in [0.2, 0.25) is 5.02 Å². The predicted molar refractivity (Wildman–Crippen MR) is 208 cm³/mol. The molecule has 4 amide bonds. The molecular formula is C42H43ClN4O7. The van der Waals surface area contributed by atoms with Crippen LogP contribution in [0.3, 0.4) is 0 Å². The summed E-state index contributed by atoms with van der Waals surface area (Å²) in [5.41, 5.74) is 4.26. The molecular weight excluding hydrogens is 708 g/mol. The van der Waals surface area contributed by atoms with Crippen LogP contribution in [0.4, 0.5) is 10.5 Å². The maximum Gasteiger partial charge on any atom is 0.407 e. The topological polar surface area (TPSA) is 147 Å². The molecule has 4 aromatic carbocycles. The lowest BCUT2D eigenvalue weighted by Gasteiger charge is -2.35. The van der Waals surface area contributed by atoms with Crippen molar-refractivity contribution in [3.63, 3.8) is 0 Å². The van der Waals surface area contributed by atoms with Gasteiger partial charge in [-0.3, -0.25) is 19.2 Å². The molecule has 0 saturated heterocycles. The first kappa shape index (κ1) is 39.3. The molecule has 0 radical (unpaired) electrons. The Labute approximate surface area is 318 Å². The fraction of sp³-hybridized carbons (Fsp3) is 0.262. The molecule has 3 N–H and O–H groups in total. The van der Waals surface area contributed by atoms with E-state index in [9.17, 15) is 24.0 Å². The Morgan fingerprint density at radius 3 is 2.33 bits per heavy atom. The Kier molecular flexibility index (Phi) is 13.6. The van der Waals surface area contributed by atoms with Crippen LogP contribution < -0.4 is 21.4 Å². The van der Waals surface area contributed by atoms with E-state index in [0.29, 0.717) is 63.4 Å². The lowest BCUT2D eigenvalue weighted by Crippen LogP contribution is -2.40. The summed E-state index contributed by atoms with van der Waals surface area (Å²) in [6.07, 6.45) is 0.491. The van der Waals surface area contributed by atoms with Crippen molar-refractivity contribution in [1.82, 2.24) is 15.5 Å². The second-order valence-electron chi connectivity index (χ2n) is 13.2. The van der Waals surface area contributed by atoms with E-state index >= 15 is 0 Å². The number of fused-ring (bicyclic) bond motifs is 1. The quantitative estimate of drug-likeness (QED) is 0.0715. The van der Waals surface area contributed by atoms with Crippen molar-refractivity contribution in [1.29, 1.82) is 0 Å². The highest BCUT2D eigenvalue weighted by Gasteiger charge is 2.34. The molecule has 0 saturated carbocycles. The smallest absolute Gasteiger partial charge is 0.407 e. The van der Waals surface area contributed by atoms with E-state index in [1.165, 1.54) is 0 Å². The molecule has 1 unspecified atom stereocenters. The minimum absolute atomic E-state index is 0.00454. The summed E-state index contributed by atoms with van der Waals surface area (Å²) in [5.74, 6) is -0.400. The van der Waals surface area contributed by atoms with Crippen molar-refractivity contribution in [2.75, 3.05) is 25.0 Å².